The zero-order valence-electron chi connectivity index (χ0n) is 12.5. The van der Waals surface area contributed by atoms with E-state index in [1.807, 2.05) is 0 Å². The van der Waals surface area contributed by atoms with Gasteiger partial charge in [-0.05, 0) is 26.3 Å². The number of amides is 1. The summed E-state index contributed by atoms with van der Waals surface area (Å²) in [6.07, 6.45) is 1.92. The Kier molecular flexibility index (Phi) is 4.70. The molecule has 1 aromatic heterocycles. The van der Waals surface area contributed by atoms with Crippen LogP contribution >= 0.6 is 0 Å². The van der Waals surface area contributed by atoms with E-state index in [1.165, 1.54) is 20.2 Å². The van der Waals surface area contributed by atoms with Crippen molar-refractivity contribution in [2.24, 2.45) is 0 Å². The number of rotatable bonds is 4. The van der Waals surface area contributed by atoms with Crippen LogP contribution in [0.3, 0.4) is 0 Å². The third-order valence-electron chi connectivity index (χ3n) is 3.51. The van der Waals surface area contributed by atoms with Gasteiger partial charge in [-0.1, -0.05) is 0 Å². The summed E-state index contributed by atoms with van der Waals surface area (Å²) in [4.78, 5) is 12.2. The predicted molar refractivity (Wildman–Crippen MR) is 77.7 cm³/mol. The minimum absolute atomic E-state index is 0.0643. The van der Waals surface area contributed by atoms with E-state index in [4.69, 9.17) is 4.42 Å². The summed E-state index contributed by atoms with van der Waals surface area (Å²) in [6, 6.07) is 1.35. The summed E-state index contributed by atoms with van der Waals surface area (Å²) in [5.41, 5.74) is 0.265. The lowest BCUT2D eigenvalue weighted by Gasteiger charge is -2.23. The van der Waals surface area contributed by atoms with Crippen LogP contribution in [0.15, 0.2) is 15.6 Å². The largest absolute Gasteiger partial charge is 0.448 e. The molecule has 1 aliphatic heterocycles. The Morgan fingerprint density at radius 1 is 1.48 bits per heavy atom. The van der Waals surface area contributed by atoms with Crippen molar-refractivity contribution in [1.29, 1.82) is 0 Å². The van der Waals surface area contributed by atoms with Crippen LogP contribution in [0.25, 0.3) is 0 Å². The van der Waals surface area contributed by atoms with Gasteiger partial charge in [-0.15, -0.1) is 0 Å². The summed E-state index contributed by atoms with van der Waals surface area (Å²) in [5, 5.41) is 5.90. The van der Waals surface area contributed by atoms with E-state index in [0.717, 1.165) is 30.2 Å². The lowest BCUT2D eigenvalue weighted by atomic mass is 10.1. The van der Waals surface area contributed by atoms with Gasteiger partial charge in [-0.2, -0.15) is 0 Å². The van der Waals surface area contributed by atoms with Crippen LogP contribution in [0, 0.1) is 6.92 Å². The maximum absolute atomic E-state index is 12.2. The average molecular weight is 315 g/mol. The van der Waals surface area contributed by atoms with Crippen molar-refractivity contribution >= 4 is 15.9 Å². The smallest absolute Gasteiger partial charge is 0.275 e. The molecule has 1 fully saturated rings. The molecule has 0 bridgehead atoms. The highest BCUT2D eigenvalue weighted by Gasteiger charge is 2.26. The number of piperidine rings is 1. The third-order valence-corrected chi connectivity index (χ3v) is 5.18. The Labute approximate surface area is 124 Å². The first-order valence-corrected chi connectivity index (χ1v) is 8.31. The summed E-state index contributed by atoms with van der Waals surface area (Å²) < 4.78 is 30.3. The Balaban J connectivity index is 2.17. The van der Waals surface area contributed by atoms with E-state index in [0.29, 0.717) is 5.76 Å². The molecule has 0 aliphatic carbocycles. The van der Waals surface area contributed by atoms with E-state index in [9.17, 15) is 13.2 Å². The monoisotopic (exact) mass is 315 g/mol. The number of carbonyl (C=O) groups is 1. The number of furan rings is 1. The molecule has 118 valence electrons. The first kappa shape index (κ1) is 16.0. The van der Waals surface area contributed by atoms with Crippen molar-refractivity contribution < 1.29 is 17.6 Å². The molecule has 2 rings (SSSR count). The topological polar surface area (TPSA) is 91.7 Å². The summed E-state index contributed by atoms with van der Waals surface area (Å²) in [5.74, 6) is 0.00171. The van der Waals surface area contributed by atoms with Crippen molar-refractivity contribution in [3.8, 4) is 0 Å². The van der Waals surface area contributed by atoms with Gasteiger partial charge in [0.2, 0.25) is 5.09 Å². The second-order valence-corrected chi connectivity index (χ2v) is 7.42. The highest BCUT2D eigenvalue weighted by molar-refractivity contribution is 7.88. The van der Waals surface area contributed by atoms with Crippen LogP contribution in [0.5, 0.6) is 0 Å². The molecular formula is C13H21N3O4S. The van der Waals surface area contributed by atoms with Crippen LogP contribution in [0.4, 0.5) is 0 Å². The molecule has 21 heavy (non-hydrogen) atoms. The van der Waals surface area contributed by atoms with E-state index in [-0.39, 0.29) is 22.6 Å². The van der Waals surface area contributed by atoms with Gasteiger partial charge in [0.1, 0.15) is 5.76 Å². The number of carbonyl (C=O) groups excluding carboxylic acids is 1. The first-order valence-electron chi connectivity index (χ1n) is 6.87. The fourth-order valence-corrected chi connectivity index (χ4v) is 3.08. The summed E-state index contributed by atoms with van der Waals surface area (Å²) in [7, 11) is -0.836. The maximum atomic E-state index is 12.2. The Hall–Kier alpha value is -1.38. The van der Waals surface area contributed by atoms with Gasteiger partial charge in [0.15, 0.2) is 0 Å². The van der Waals surface area contributed by atoms with E-state index in [1.54, 1.807) is 6.92 Å². The van der Waals surface area contributed by atoms with Crippen LogP contribution in [-0.2, 0) is 10.0 Å². The molecule has 1 aliphatic rings. The Morgan fingerprint density at radius 2 is 2.19 bits per heavy atom. The van der Waals surface area contributed by atoms with Crippen LogP contribution in [0.1, 0.15) is 29.0 Å². The van der Waals surface area contributed by atoms with Crippen molar-refractivity contribution in [3.05, 3.63) is 17.4 Å². The number of aryl methyl sites for hydroxylation is 1. The molecule has 1 unspecified atom stereocenters. The zero-order chi connectivity index (χ0) is 15.6. The third kappa shape index (κ3) is 3.45. The molecule has 1 aromatic rings. The molecule has 0 spiro atoms. The first-order chi connectivity index (χ1) is 9.82. The quantitative estimate of drug-likeness (QED) is 0.835. The molecule has 8 heteroatoms. The average Bonchev–Trinajstić information content (AvgIpc) is 2.82. The van der Waals surface area contributed by atoms with Crippen LogP contribution in [0.2, 0.25) is 0 Å². The van der Waals surface area contributed by atoms with Gasteiger partial charge < -0.3 is 15.1 Å². The molecule has 0 radical (unpaired) electrons. The van der Waals surface area contributed by atoms with Gasteiger partial charge in [-0.3, -0.25) is 4.79 Å². The molecule has 1 saturated heterocycles. The van der Waals surface area contributed by atoms with Gasteiger partial charge in [0.05, 0.1) is 5.56 Å². The van der Waals surface area contributed by atoms with Crippen molar-refractivity contribution in [2.45, 2.75) is 30.9 Å². The fourth-order valence-electron chi connectivity index (χ4n) is 2.23. The molecule has 2 heterocycles. The molecule has 1 atom stereocenters. The van der Waals surface area contributed by atoms with E-state index < -0.39 is 10.0 Å². The van der Waals surface area contributed by atoms with Gasteiger partial charge in [0.25, 0.3) is 15.9 Å². The van der Waals surface area contributed by atoms with Crippen LogP contribution in [-0.4, -0.2) is 51.9 Å². The number of hydrogen-bond acceptors (Lipinski definition) is 5. The SMILES string of the molecule is Cc1oc(S(=O)(=O)N(C)C)cc1C(=O)NC1CCCNC1. The molecule has 0 saturated carbocycles. The Bertz CT molecular complexity index is 615. The zero-order valence-corrected chi connectivity index (χ0v) is 13.3. The second kappa shape index (κ2) is 6.17. The number of nitrogens with zero attached hydrogens (tertiary/aromatic N) is 1. The Morgan fingerprint density at radius 3 is 2.76 bits per heavy atom. The maximum Gasteiger partial charge on any atom is 0.275 e. The van der Waals surface area contributed by atoms with Gasteiger partial charge >= 0.3 is 0 Å². The van der Waals surface area contributed by atoms with E-state index >= 15 is 0 Å². The highest BCUT2D eigenvalue weighted by atomic mass is 32.2. The fraction of sp³-hybridized carbons (Fsp3) is 0.615. The normalized spacial score (nSPS) is 19.7. The van der Waals surface area contributed by atoms with E-state index in [2.05, 4.69) is 10.6 Å². The number of sulfonamides is 1. The van der Waals surface area contributed by atoms with Crippen molar-refractivity contribution in [2.75, 3.05) is 27.2 Å². The van der Waals surface area contributed by atoms with Crippen molar-refractivity contribution in [3.63, 3.8) is 0 Å². The number of hydrogen-bond donors (Lipinski definition) is 2. The highest BCUT2D eigenvalue weighted by Crippen LogP contribution is 2.21. The molecular weight excluding hydrogens is 294 g/mol. The minimum Gasteiger partial charge on any atom is -0.448 e. The lowest BCUT2D eigenvalue weighted by molar-refractivity contribution is 0.0929. The van der Waals surface area contributed by atoms with Crippen molar-refractivity contribution in [1.82, 2.24) is 14.9 Å². The predicted octanol–water partition coefficient (Wildman–Crippen LogP) is 0.320. The van der Waals surface area contributed by atoms with Crippen LogP contribution < -0.4 is 10.6 Å². The summed E-state index contributed by atoms with van der Waals surface area (Å²) >= 11 is 0. The molecule has 1 amide bonds. The second-order valence-electron chi connectivity index (χ2n) is 5.34. The van der Waals surface area contributed by atoms with Gasteiger partial charge in [0, 0.05) is 32.7 Å². The molecule has 2 N–H and O–H groups in total. The van der Waals surface area contributed by atoms with Gasteiger partial charge in [-0.25, -0.2) is 12.7 Å². The minimum atomic E-state index is -3.67. The lowest BCUT2D eigenvalue weighted by Crippen LogP contribution is -2.45. The number of nitrogens with one attached hydrogen (secondary N) is 2. The summed E-state index contributed by atoms with van der Waals surface area (Å²) in [6.45, 7) is 3.27. The molecule has 7 nitrogen and oxygen atoms in total. The molecule has 0 aromatic carbocycles. The standard InChI is InChI=1S/C13H21N3O4S/c1-9-11(7-12(20-9)21(18,19)16(2)3)13(17)15-10-5-4-6-14-8-10/h7,10,14H,4-6,8H2,1-3H3,(H,15,17).